The van der Waals surface area contributed by atoms with Crippen molar-refractivity contribution in [2.45, 2.75) is 32.5 Å². The summed E-state index contributed by atoms with van der Waals surface area (Å²) < 4.78 is 11.2. The number of carbonyl (C=O) groups is 1. The highest BCUT2D eigenvalue weighted by molar-refractivity contribution is 5.93. The molecule has 1 aliphatic rings. The van der Waals surface area contributed by atoms with Gasteiger partial charge in [-0.3, -0.25) is 0 Å². The Morgan fingerprint density at radius 3 is 2.46 bits per heavy atom. The second-order valence-electron chi connectivity index (χ2n) is 6.88. The number of benzene rings is 1. The molecule has 0 aromatic heterocycles. The maximum atomic E-state index is 12.2. The molecule has 26 heavy (non-hydrogen) atoms. The zero-order chi connectivity index (χ0) is 19.3. The summed E-state index contributed by atoms with van der Waals surface area (Å²) in [6.45, 7) is 6.90. The molecule has 1 atom stereocenters. The average molecular weight is 362 g/mol. The van der Waals surface area contributed by atoms with E-state index in [0.717, 1.165) is 5.56 Å². The van der Waals surface area contributed by atoms with Crippen LogP contribution >= 0.6 is 0 Å². The van der Waals surface area contributed by atoms with Crippen LogP contribution in [0.15, 0.2) is 34.3 Å². The van der Waals surface area contributed by atoms with Crippen molar-refractivity contribution in [3.8, 4) is 0 Å². The molecule has 9 nitrogen and oxygen atoms in total. The molecule has 6 N–H and O–H groups in total. The molecule has 2 rings (SSSR count). The van der Waals surface area contributed by atoms with Crippen molar-refractivity contribution >= 4 is 23.7 Å². The Hall–Kier alpha value is -2.81. The van der Waals surface area contributed by atoms with Crippen molar-refractivity contribution in [2.75, 3.05) is 19.7 Å². The standard InChI is InChI=1S/C17H26N6O3/c1-17(2,3)26-16(24)23-8-9-25-13(10-23)11-4-6-12(7-5-11)21-15(20)22-14(18)19/h4-7,13H,8-10H2,1-3H3,(H6,18,19,20,21,22). The van der Waals surface area contributed by atoms with E-state index in [1.54, 1.807) is 17.0 Å². The summed E-state index contributed by atoms with van der Waals surface area (Å²) in [6, 6.07) is 7.29. The zero-order valence-electron chi connectivity index (χ0n) is 15.3. The lowest BCUT2D eigenvalue weighted by atomic mass is 10.1. The summed E-state index contributed by atoms with van der Waals surface area (Å²) in [4.78, 5) is 21.6. The maximum Gasteiger partial charge on any atom is 0.410 e. The van der Waals surface area contributed by atoms with Gasteiger partial charge in [-0.05, 0) is 38.5 Å². The van der Waals surface area contributed by atoms with E-state index in [9.17, 15) is 4.79 Å². The smallest absolute Gasteiger partial charge is 0.410 e. The fourth-order valence-corrected chi connectivity index (χ4v) is 2.40. The fraction of sp³-hybridized carbons (Fsp3) is 0.471. The van der Waals surface area contributed by atoms with Crippen LogP contribution in [0.25, 0.3) is 0 Å². The Bertz CT molecular complexity index is 689. The van der Waals surface area contributed by atoms with Gasteiger partial charge in [-0.2, -0.15) is 4.99 Å². The molecule has 1 heterocycles. The van der Waals surface area contributed by atoms with Crippen LogP contribution in [-0.4, -0.2) is 48.2 Å². The molecular formula is C17H26N6O3. The van der Waals surface area contributed by atoms with E-state index in [1.807, 2.05) is 32.9 Å². The van der Waals surface area contributed by atoms with Gasteiger partial charge in [-0.1, -0.05) is 12.1 Å². The van der Waals surface area contributed by atoms with Crippen LogP contribution in [0, 0.1) is 0 Å². The molecule has 1 aliphatic heterocycles. The van der Waals surface area contributed by atoms with E-state index in [2.05, 4.69) is 9.98 Å². The monoisotopic (exact) mass is 362 g/mol. The largest absolute Gasteiger partial charge is 0.444 e. The first-order valence-electron chi connectivity index (χ1n) is 8.27. The van der Waals surface area contributed by atoms with Crippen LogP contribution in [0.5, 0.6) is 0 Å². The quantitative estimate of drug-likeness (QED) is 0.533. The molecule has 1 fully saturated rings. The summed E-state index contributed by atoms with van der Waals surface area (Å²) in [5.74, 6) is -0.177. The average Bonchev–Trinajstić information content (AvgIpc) is 2.53. The fourth-order valence-electron chi connectivity index (χ4n) is 2.40. The lowest BCUT2D eigenvalue weighted by Crippen LogP contribution is -2.44. The number of hydrogen-bond donors (Lipinski definition) is 3. The van der Waals surface area contributed by atoms with Crippen molar-refractivity contribution in [1.29, 1.82) is 0 Å². The lowest BCUT2D eigenvalue weighted by molar-refractivity contribution is -0.0432. The Labute approximate surface area is 152 Å². The summed E-state index contributed by atoms with van der Waals surface area (Å²) in [5, 5.41) is 0. The van der Waals surface area contributed by atoms with Crippen molar-refractivity contribution < 1.29 is 14.3 Å². The predicted octanol–water partition coefficient (Wildman–Crippen LogP) is 1.21. The molecule has 1 aromatic carbocycles. The van der Waals surface area contributed by atoms with Crippen molar-refractivity contribution in [3.05, 3.63) is 29.8 Å². The number of hydrogen-bond acceptors (Lipinski definition) is 4. The normalized spacial score (nSPS) is 18.3. The van der Waals surface area contributed by atoms with Crippen molar-refractivity contribution in [2.24, 2.45) is 27.2 Å². The minimum Gasteiger partial charge on any atom is -0.444 e. The molecule has 1 aromatic rings. The first-order chi connectivity index (χ1) is 12.1. The van der Waals surface area contributed by atoms with Gasteiger partial charge in [0, 0.05) is 6.54 Å². The first-order valence-corrected chi connectivity index (χ1v) is 8.27. The van der Waals surface area contributed by atoms with Gasteiger partial charge in [0.1, 0.15) is 11.7 Å². The summed E-state index contributed by atoms with van der Waals surface area (Å²) in [7, 11) is 0. The third kappa shape index (κ3) is 5.92. The van der Waals surface area contributed by atoms with Gasteiger partial charge in [-0.25, -0.2) is 9.79 Å². The van der Waals surface area contributed by atoms with Crippen LogP contribution in [-0.2, 0) is 9.47 Å². The number of nitrogens with two attached hydrogens (primary N) is 3. The van der Waals surface area contributed by atoms with Crippen molar-refractivity contribution in [3.63, 3.8) is 0 Å². The van der Waals surface area contributed by atoms with Crippen LogP contribution in [0.3, 0.4) is 0 Å². The molecule has 0 spiro atoms. The van der Waals surface area contributed by atoms with Gasteiger partial charge < -0.3 is 31.6 Å². The molecule has 0 saturated carbocycles. The van der Waals surface area contributed by atoms with Gasteiger partial charge in [0.2, 0.25) is 5.96 Å². The highest BCUT2D eigenvalue weighted by atomic mass is 16.6. The molecule has 1 amide bonds. The summed E-state index contributed by atoms with van der Waals surface area (Å²) in [5.41, 5.74) is 17.1. The maximum absolute atomic E-state index is 12.2. The summed E-state index contributed by atoms with van der Waals surface area (Å²) in [6.07, 6.45) is -0.568. The SMILES string of the molecule is CC(C)(C)OC(=O)N1CCOC(c2ccc(N=C(N)N=C(N)N)cc2)C1. The van der Waals surface area contributed by atoms with Crippen LogP contribution in [0.1, 0.15) is 32.4 Å². The lowest BCUT2D eigenvalue weighted by Gasteiger charge is -2.34. The van der Waals surface area contributed by atoms with Gasteiger partial charge >= 0.3 is 6.09 Å². The van der Waals surface area contributed by atoms with Crippen LogP contribution in [0.2, 0.25) is 0 Å². The van der Waals surface area contributed by atoms with Gasteiger partial charge in [0.15, 0.2) is 5.96 Å². The number of nitrogens with zero attached hydrogens (tertiary/aromatic N) is 3. The third-order valence-corrected chi connectivity index (χ3v) is 3.47. The van der Waals surface area contributed by atoms with E-state index >= 15 is 0 Å². The summed E-state index contributed by atoms with van der Waals surface area (Å²) >= 11 is 0. The molecule has 0 aliphatic carbocycles. The minimum atomic E-state index is -0.528. The Kier molecular flexibility index (Phi) is 6.04. The number of amides is 1. The van der Waals surface area contributed by atoms with Crippen LogP contribution in [0.4, 0.5) is 10.5 Å². The highest BCUT2D eigenvalue weighted by Crippen LogP contribution is 2.25. The molecule has 142 valence electrons. The number of ether oxygens (including phenoxy) is 2. The molecule has 0 bridgehead atoms. The van der Waals surface area contributed by atoms with E-state index in [-0.39, 0.29) is 24.1 Å². The van der Waals surface area contributed by atoms with E-state index in [4.69, 9.17) is 26.7 Å². The number of guanidine groups is 2. The van der Waals surface area contributed by atoms with Crippen LogP contribution < -0.4 is 17.2 Å². The van der Waals surface area contributed by atoms with Gasteiger partial charge in [0.25, 0.3) is 0 Å². The number of rotatable bonds is 2. The number of aliphatic imine (C=N–C) groups is 2. The first kappa shape index (κ1) is 19.5. The molecule has 1 unspecified atom stereocenters. The molecule has 1 saturated heterocycles. The second kappa shape index (κ2) is 8.05. The van der Waals surface area contributed by atoms with E-state index < -0.39 is 5.60 Å². The topological polar surface area (TPSA) is 142 Å². The Morgan fingerprint density at radius 1 is 1.23 bits per heavy atom. The van der Waals surface area contributed by atoms with E-state index in [0.29, 0.717) is 25.4 Å². The predicted molar refractivity (Wildman–Crippen MR) is 100 cm³/mol. The van der Waals surface area contributed by atoms with Crippen molar-refractivity contribution in [1.82, 2.24) is 4.90 Å². The molecular weight excluding hydrogens is 336 g/mol. The van der Waals surface area contributed by atoms with Gasteiger partial charge in [-0.15, -0.1) is 0 Å². The van der Waals surface area contributed by atoms with Gasteiger partial charge in [0.05, 0.1) is 18.8 Å². The highest BCUT2D eigenvalue weighted by Gasteiger charge is 2.28. The zero-order valence-corrected chi connectivity index (χ0v) is 15.3. The number of carbonyl (C=O) groups excluding carboxylic acids is 1. The number of morpholine rings is 1. The second-order valence-corrected chi connectivity index (χ2v) is 6.88. The molecule has 0 radical (unpaired) electrons. The minimum absolute atomic E-state index is 0.0252. The molecule has 9 heteroatoms. The van der Waals surface area contributed by atoms with E-state index in [1.165, 1.54) is 0 Å². The Balaban J connectivity index is 2.04. The Morgan fingerprint density at radius 2 is 1.88 bits per heavy atom. The third-order valence-electron chi connectivity index (χ3n) is 3.47.